The molecule has 5 heteroatoms. The molecule has 1 aromatic rings. The molecular formula is C11H17NO3S. The molecular weight excluding hydrogens is 226 g/mol. The molecule has 0 aromatic carbocycles. The van der Waals surface area contributed by atoms with Gasteiger partial charge in [0.25, 0.3) is 0 Å². The van der Waals surface area contributed by atoms with Crippen LogP contribution < -0.4 is 0 Å². The van der Waals surface area contributed by atoms with E-state index in [0.29, 0.717) is 5.76 Å². The molecule has 0 saturated heterocycles. The topological polar surface area (TPSA) is 53.7 Å². The molecule has 0 atom stereocenters. The van der Waals surface area contributed by atoms with E-state index in [4.69, 9.17) is 9.52 Å². The lowest BCUT2D eigenvalue weighted by Gasteiger charge is -2.14. The van der Waals surface area contributed by atoms with Crippen LogP contribution in [-0.4, -0.2) is 41.6 Å². The first-order chi connectivity index (χ1) is 7.54. The molecule has 0 radical (unpaired) electrons. The van der Waals surface area contributed by atoms with Gasteiger partial charge in [0, 0.05) is 24.4 Å². The summed E-state index contributed by atoms with van der Waals surface area (Å²) in [7, 11) is 2.02. The van der Waals surface area contributed by atoms with Gasteiger partial charge in [-0.15, -0.1) is 0 Å². The molecule has 16 heavy (non-hydrogen) atoms. The predicted octanol–water partition coefficient (Wildman–Crippen LogP) is 2.08. The van der Waals surface area contributed by atoms with Crippen LogP contribution in [0.3, 0.4) is 0 Å². The molecule has 1 heterocycles. The summed E-state index contributed by atoms with van der Waals surface area (Å²) in [6.45, 7) is 3.50. The van der Waals surface area contributed by atoms with Crippen LogP contribution in [0.4, 0.5) is 0 Å². The van der Waals surface area contributed by atoms with Crippen molar-refractivity contribution < 1.29 is 14.3 Å². The zero-order valence-corrected chi connectivity index (χ0v) is 10.6. The molecule has 0 saturated carbocycles. The fraction of sp³-hybridized carbons (Fsp3) is 0.545. The SMILES string of the molecule is CSCCN(C)Cc1cc(C(=O)O)oc1C. The minimum absolute atomic E-state index is 0.0192. The van der Waals surface area contributed by atoms with Crippen molar-refractivity contribution in [3.8, 4) is 0 Å². The lowest BCUT2D eigenvalue weighted by Crippen LogP contribution is -2.20. The summed E-state index contributed by atoms with van der Waals surface area (Å²) in [5.74, 6) is 0.763. The van der Waals surface area contributed by atoms with E-state index in [0.717, 1.165) is 24.4 Å². The molecule has 0 aliphatic carbocycles. The van der Waals surface area contributed by atoms with E-state index < -0.39 is 5.97 Å². The minimum atomic E-state index is -1.01. The standard InChI is InChI=1S/C11H17NO3S/c1-8-9(6-10(15-8)11(13)14)7-12(2)4-5-16-3/h6H,4-5,7H2,1-3H3,(H,13,14). The number of carboxylic acid groups (broad SMARTS) is 1. The second kappa shape index (κ2) is 5.96. The minimum Gasteiger partial charge on any atom is -0.475 e. The lowest BCUT2D eigenvalue weighted by atomic mass is 10.2. The highest BCUT2D eigenvalue weighted by molar-refractivity contribution is 7.98. The van der Waals surface area contributed by atoms with Gasteiger partial charge in [-0.1, -0.05) is 0 Å². The highest BCUT2D eigenvalue weighted by Crippen LogP contribution is 2.16. The largest absolute Gasteiger partial charge is 0.475 e. The van der Waals surface area contributed by atoms with E-state index in [1.54, 1.807) is 24.8 Å². The van der Waals surface area contributed by atoms with Gasteiger partial charge in [0.05, 0.1) is 0 Å². The first-order valence-corrected chi connectivity index (χ1v) is 6.44. The Labute approximate surface area is 99.6 Å². The van der Waals surface area contributed by atoms with Gasteiger partial charge in [0.2, 0.25) is 5.76 Å². The summed E-state index contributed by atoms with van der Waals surface area (Å²) in [6.07, 6.45) is 2.07. The van der Waals surface area contributed by atoms with Crippen molar-refractivity contribution >= 4 is 17.7 Å². The molecule has 0 spiro atoms. The second-order valence-electron chi connectivity index (χ2n) is 3.73. The van der Waals surface area contributed by atoms with Crippen LogP contribution in [0, 0.1) is 6.92 Å². The Kier molecular flexibility index (Phi) is 4.89. The summed E-state index contributed by atoms with van der Waals surface area (Å²) in [5.41, 5.74) is 0.945. The summed E-state index contributed by atoms with van der Waals surface area (Å²) in [6, 6.07) is 1.60. The molecule has 1 rings (SSSR count). The smallest absolute Gasteiger partial charge is 0.371 e. The van der Waals surface area contributed by atoms with Gasteiger partial charge in [-0.2, -0.15) is 11.8 Å². The number of aromatic carboxylic acids is 1. The van der Waals surface area contributed by atoms with Gasteiger partial charge in [0.15, 0.2) is 0 Å². The fourth-order valence-electron chi connectivity index (χ4n) is 1.40. The molecule has 1 aromatic heterocycles. The van der Waals surface area contributed by atoms with Crippen LogP contribution >= 0.6 is 11.8 Å². The van der Waals surface area contributed by atoms with E-state index >= 15 is 0 Å². The third kappa shape index (κ3) is 3.57. The Morgan fingerprint density at radius 3 is 2.81 bits per heavy atom. The van der Waals surface area contributed by atoms with Gasteiger partial charge in [-0.25, -0.2) is 4.79 Å². The summed E-state index contributed by atoms with van der Waals surface area (Å²) < 4.78 is 5.15. The van der Waals surface area contributed by atoms with E-state index in [1.807, 2.05) is 7.05 Å². The number of hydrogen-bond donors (Lipinski definition) is 1. The molecule has 1 N–H and O–H groups in total. The lowest BCUT2D eigenvalue weighted by molar-refractivity contribution is 0.0661. The number of carboxylic acids is 1. The van der Waals surface area contributed by atoms with Crippen LogP contribution in [0.15, 0.2) is 10.5 Å². The molecule has 0 fully saturated rings. The maximum Gasteiger partial charge on any atom is 0.371 e. The van der Waals surface area contributed by atoms with Crippen LogP contribution in [-0.2, 0) is 6.54 Å². The normalized spacial score (nSPS) is 11.0. The van der Waals surface area contributed by atoms with Gasteiger partial charge in [-0.05, 0) is 26.3 Å². The van der Waals surface area contributed by atoms with Gasteiger partial charge < -0.3 is 14.4 Å². The van der Waals surface area contributed by atoms with Crippen LogP contribution in [0.25, 0.3) is 0 Å². The number of carbonyl (C=O) groups is 1. The highest BCUT2D eigenvalue weighted by Gasteiger charge is 2.13. The van der Waals surface area contributed by atoms with Crippen LogP contribution in [0.2, 0.25) is 0 Å². The van der Waals surface area contributed by atoms with Gasteiger partial charge in [0.1, 0.15) is 5.76 Å². The van der Waals surface area contributed by atoms with Crippen molar-refractivity contribution in [1.82, 2.24) is 4.90 Å². The van der Waals surface area contributed by atoms with Crippen LogP contribution in [0.5, 0.6) is 0 Å². The number of aryl methyl sites for hydroxylation is 1. The third-order valence-corrected chi connectivity index (χ3v) is 2.94. The summed E-state index contributed by atoms with van der Waals surface area (Å²) in [5, 5.41) is 8.79. The Morgan fingerprint density at radius 1 is 1.62 bits per heavy atom. The molecule has 90 valence electrons. The summed E-state index contributed by atoms with van der Waals surface area (Å²) in [4.78, 5) is 12.9. The average molecular weight is 243 g/mol. The number of thioether (sulfide) groups is 1. The highest BCUT2D eigenvalue weighted by atomic mass is 32.2. The second-order valence-corrected chi connectivity index (χ2v) is 4.71. The number of rotatable bonds is 6. The molecule has 0 aliphatic rings. The number of hydrogen-bond acceptors (Lipinski definition) is 4. The zero-order chi connectivity index (χ0) is 12.1. The van der Waals surface area contributed by atoms with Gasteiger partial charge >= 0.3 is 5.97 Å². The van der Waals surface area contributed by atoms with E-state index in [9.17, 15) is 4.79 Å². The Hall–Kier alpha value is -0.940. The maximum absolute atomic E-state index is 10.7. The monoisotopic (exact) mass is 243 g/mol. The quantitative estimate of drug-likeness (QED) is 0.829. The first kappa shape index (κ1) is 13.1. The van der Waals surface area contributed by atoms with Crippen molar-refractivity contribution in [3.05, 3.63) is 23.2 Å². The van der Waals surface area contributed by atoms with Crippen molar-refractivity contribution in [1.29, 1.82) is 0 Å². The van der Waals surface area contributed by atoms with Gasteiger partial charge in [-0.3, -0.25) is 0 Å². The Bertz CT molecular complexity index is 362. The fourth-order valence-corrected chi connectivity index (χ4v) is 1.89. The van der Waals surface area contributed by atoms with E-state index in [-0.39, 0.29) is 5.76 Å². The third-order valence-electron chi connectivity index (χ3n) is 2.35. The Morgan fingerprint density at radius 2 is 2.31 bits per heavy atom. The van der Waals surface area contributed by atoms with Crippen molar-refractivity contribution in [3.63, 3.8) is 0 Å². The first-order valence-electron chi connectivity index (χ1n) is 5.04. The van der Waals surface area contributed by atoms with E-state index in [1.165, 1.54) is 0 Å². The predicted molar refractivity (Wildman–Crippen MR) is 65.1 cm³/mol. The van der Waals surface area contributed by atoms with Crippen molar-refractivity contribution in [2.75, 3.05) is 25.6 Å². The molecule has 0 bridgehead atoms. The molecule has 4 nitrogen and oxygen atoms in total. The van der Waals surface area contributed by atoms with Crippen LogP contribution in [0.1, 0.15) is 21.9 Å². The van der Waals surface area contributed by atoms with Crippen molar-refractivity contribution in [2.45, 2.75) is 13.5 Å². The Balaban J connectivity index is 2.62. The average Bonchev–Trinajstić information content (AvgIpc) is 2.57. The molecule has 0 aliphatic heterocycles. The zero-order valence-electron chi connectivity index (χ0n) is 9.82. The number of furan rings is 1. The number of nitrogens with zero attached hydrogens (tertiary/aromatic N) is 1. The maximum atomic E-state index is 10.7. The molecule has 0 unspecified atom stereocenters. The van der Waals surface area contributed by atoms with Crippen molar-refractivity contribution in [2.24, 2.45) is 0 Å². The van der Waals surface area contributed by atoms with E-state index in [2.05, 4.69) is 11.2 Å². The summed E-state index contributed by atoms with van der Waals surface area (Å²) >= 11 is 1.80. The molecule has 0 amide bonds.